The highest BCUT2D eigenvalue weighted by atomic mass is 15.1. The van der Waals surface area contributed by atoms with Gasteiger partial charge in [0.15, 0.2) is 5.84 Å². The van der Waals surface area contributed by atoms with E-state index in [1.165, 1.54) is 6.21 Å². The molecule has 1 rings (SSSR count). The first kappa shape index (κ1) is 6.80. The second-order valence-corrected chi connectivity index (χ2v) is 1.70. The highest BCUT2D eigenvalue weighted by Crippen LogP contribution is 1.94. The van der Waals surface area contributed by atoms with Crippen LogP contribution in [0.3, 0.4) is 0 Å². The lowest BCUT2D eigenvalue weighted by atomic mass is 10.4. The first-order chi connectivity index (χ1) is 4.88. The molecule has 0 fully saturated rings. The van der Waals surface area contributed by atoms with Gasteiger partial charge in [0, 0.05) is 12.4 Å². The van der Waals surface area contributed by atoms with Gasteiger partial charge in [-0.1, -0.05) is 0 Å². The summed E-state index contributed by atoms with van der Waals surface area (Å²) in [4.78, 5) is 11.8. The van der Waals surface area contributed by atoms with Crippen molar-refractivity contribution in [3.05, 3.63) is 0 Å². The minimum absolute atomic E-state index is 0.414. The van der Waals surface area contributed by atoms with Gasteiger partial charge in [-0.15, -0.1) is 0 Å². The molecule has 4 heteroatoms. The molecule has 10 heavy (non-hydrogen) atoms. The summed E-state index contributed by atoms with van der Waals surface area (Å²) in [7, 11) is 0. The molecule has 0 bridgehead atoms. The molecule has 0 aromatic carbocycles. The van der Waals surface area contributed by atoms with E-state index in [4.69, 9.17) is 5.41 Å². The van der Waals surface area contributed by atoms with E-state index in [1.54, 1.807) is 6.21 Å². The molecule has 0 saturated carbocycles. The molecule has 0 aliphatic carbocycles. The van der Waals surface area contributed by atoms with Crippen molar-refractivity contribution in [2.75, 3.05) is 6.67 Å². The number of nitrogens with one attached hydrogen (secondary N) is 1. The summed E-state index contributed by atoms with van der Waals surface area (Å²) in [5.74, 6) is 0.567. The predicted molar refractivity (Wildman–Crippen MR) is 42.7 cm³/mol. The van der Waals surface area contributed by atoms with Gasteiger partial charge in [-0.3, -0.25) is 4.99 Å². The SMILES string of the molecule is C/C=N\C1=NCN=C1C=N. The summed E-state index contributed by atoms with van der Waals surface area (Å²) in [6, 6.07) is 0. The Morgan fingerprint density at radius 2 is 2.40 bits per heavy atom. The standard InChI is InChI=1S/C6H8N4/c1-2-8-6-5(3-7)9-4-10-6/h2-3,7H,4H2,1H3/b7-3?,8-2-. The molecule has 0 radical (unpaired) electrons. The van der Waals surface area contributed by atoms with E-state index in [2.05, 4.69) is 15.0 Å². The van der Waals surface area contributed by atoms with Crippen LogP contribution in [0, 0.1) is 5.41 Å². The van der Waals surface area contributed by atoms with Gasteiger partial charge in [-0.2, -0.15) is 0 Å². The molecule has 0 amide bonds. The maximum absolute atomic E-state index is 6.90. The zero-order valence-corrected chi connectivity index (χ0v) is 5.70. The Bertz CT molecular complexity index is 224. The Balaban J connectivity index is 2.78. The molecule has 4 nitrogen and oxygen atoms in total. The smallest absolute Gasteiger partial charge is 0.176 e. The van der Waals surface area contributed by atoms with Gasteiger partial charge in [0.05, 0.1) is 0 Å². The maximum atomic E-state index is 6.90. The molecule has 52 valence electrons. The third kappa shape index (κ3) is 1.15. The fourth-order valence-corrected chi connectivity index (χ4v) is 0.670. The molecule has 0 spiro atoms. The zero-order valence-electron chi connectivity index (χ0n) is 5.70. The summed E-state index contributed by atoms with van der Waals surface area (Å²) in [6.07, 6.45) is 2.81. The quantitative estimate of drug-likeness (QED) is 0.511. The molecule has 0 unspecified atom stereocenters. The third-order valence-corrected chi connectivity index (χ3v) is 1.08. The summed E-state index contributed by atoms with van der Waals surface area (Å²) in [5.41, 5.74) is 0.568. The molecule has 1 aliphatic heterocycles. The Hall–Kier alpha value is -1.32. The summed E-state index contributed by atoms with van der Waals surface area (Å²) in [6.45, 7) is 2.22. The van der Waals surface area contributed by atoms with E-state index in [0.29, 0.717) is 18.2 Å². The first-order valence-electron chi connectivity index (χ1n) is 2.97. The Morgan fingerprint density at radius 3 is 3.00 bits per heavy atom. The largest absolute Gasteiger partial charge is 0.306 e. The van der Waals surface area contributed by atoms with Gasteiger partial charge >= 0.3 is 0 Å². The van der Waals surface area contributed by atoms with Crippen LogP contribution in [-0.4, -0.2) is 30.6 Å². The van der Waals surface area contributed by atoms with E-state index in [-0.39, 0.29) is 0 Å². The van der Waals surface area contributed by atoms with Gasteiger partial charge in [0.25, 0.3) is 0 Å². The third-order valence-electron chi connectivity index (χ3n) is 1.08. The molecular weight excluding hydrogens is 128 g/mol. The first-order valence-corrected chi connectivity index (χ1v) is 2.97. The van der Waals surface area contributed by atoms with E-state index >= 15 is 0 Å². The highest BCUT2D eigenvalue weighted by molar-refractivity contribution is 6.63. The minimum Gasteiger partial charge on any atom is -0.306 e. The van der Waals surface area contributed by atoms with Gasteiger partial charge in [0.1, 0.15) is 12.4 Å². The molecule has 1 heterocycles. The zero-order chi connectivity index (χ0) is 7.40. The van der Waals surface area contributed by atoms with E-state index in [0.717, 1.165) is 0 Å². The molecule has 1 aliphatic rings. The number of hydrogen-bond donors (Lipinski definition) is 1. The average molecular weight is 136 g/mol. The van der Waals surface area contributed by atoms with Gasteiger partial charge in [-0.25, -0.2) is 9.98 Å². The van der Waals surface area contributed by atoms with Crippen molar-refractivity contribution < 1.29 is 0 Å². The minimum atomic E-state index is 0.414. The van der Waals surface area contributed by atoms with Crippen molar-refractivity contribution >= 4 is 24.0 Å². The Kier molecular flexibility index (Phi) is 2.04. The second kappa shape index (κ2) is 3.00. The Labute approximate surface area is 58.9 Å². The van der Waals surface area contributed by atoms with Crippen molar-refractivity contribution in [2.45, 2.75) is 6.92 Å². The van der Waals surface area contributed by atoms with Crippen LogP contribution < -0.4 is 0 Å². The number of rotatable bonds is 1. The number of aliphatic imine (C=N–C) groups is 3. The fourth-order valence-electron chi connectivity index (χ4n) is 0.670. The van der Waals surface area contributed by atoms with Crippen LogP contribution >= 0.6 is 0 Å². The van der Waals surface area contributed by atoms with Crippen LogP contribution in [-0.2, 0) is 0 Å². The summed E-state index contributed by atoms with van der Waals surface area (Å²) >= 11 is 0. The molecule has 0 aromatic heterocycles. The van der Waals surface area contributed by atoms with Crippen molar-refractivity contribution in [3.8, 4) is 0 Å². The van der Waals surface area contributed by atoms with Crippen molar-refractivity contribution in [1.82, 2.24) is 0 Å². The molecule has 0 aromatic rings. The molecular formula is C6H8N4. The van der Waals surface area contributed by atoms with Gasteiger partial charge in [-0.05, 0) is 6.92 Å². The van der Waals surface area contributed by atoms with E-state index in [1.807, 2.05) is 6.92 Å². The topological polar surface area (TPSA) is 60.9 Å². The normalized spacial score (nSPS) is 17.3. The predicted octanol–water partition coefficient (Wildman–Crippen LogP) is 0.537. The van der Waals surface area contributed by atoms with Crippen LogP contribution in [0.1, 0.15) is 6.92 Å². The Morgan fingerprint density at radius 1 is 1.60 bits per heavy atom. The molecule has 1 N–H and O–H groups in total. The lowest BCUT2D eigenvalue weighted by Crippen LogP contribution is -2.08. The van der Waals surface area contributed by atoms with Crippen molar-refractivity contribution in [2.24, 2.45) is 15.0 Å². The van der Waals surface area contributed by atoms with Gasteiger partial charge in [0.2, 0.25) is 0 Å². The fraction of sp³-hybridized carbons (Fsp3) is 0.333. The summed E-state index contributed by atoms with van der Waals surface area (Å²) in [5, 5.41) is 6.90. The van der Waals surface area contributed by atoms with Crippen LogP contribution in [0.2, 0.25) is 0 Å². The second-order valence-electron chi connectivity index (χ2n) is 1.70. The molecule has 0 saturated heterocycles. The van der Waals surface area contributed by atoms with Crippen LogP contribution in [0.25, 0.3) is 0 Å². The maximum Gasteiger partial charge on any atom is 0.176 e. The van der Waals surface area contributed by atoms with E-state index in [9.17, 15) is 0 Å². The van der Waals surface area contributed by atoms with Crippen molar-refractivity contribution in [3.63, 3.8) is 0 Å². The number of nitrogens with zero attached hydrogens (tertiary/aromatic N) is 3. The van der Waals surface area contributed by atoms with Crippen molar-refractivity contribution in [1.29, 1.82) is 5.41 Å². The van der Waals surface area contributed by atoms with Crippen LogP contribution in [0.15, 0.2) is 15.0 Å². The number of hydrogen-bond acceptors (Lipinski definition) is 4. The van der Waals surface area contributed by atoms with E-state index < -0.39 is 0 Å². The highest BCUT2D eigenvalue weighted by Gasteiger charge is 2.07. The van der Waals surface area contributed by atoms with Crippen LogP contribution in [0.5, 0.6) is 0 Å². The monoisotopic (exact) mass is 136 g/mol. The van der Waals surface area contributed by atoms with Gasteiger partial charge < -0.3 is 5.41 Å². The molecule has 0 atom stereocenters. The number of amidine groups is 1. The lowest BCUT2D eigenvalue weighted by molar-refractivity contribution is 1.10. The lowest BCUT2D eigenvalue weighted by Gasteiger charge is -1.87. The summed E-state index contributed by atoms with van der Waals surface area (Å²) < 4.78 is 0. The average Bonchev–Trinajstić information content (AvgIpc) is 2.36. The van der Waals surface area contributed by atoms with Crippen LogP contribution in [0.4, 0.5) is 0 Å².